The number of hydrogen-bond acceptors (Lipinski definition) is 2. The van der Waals surface area contributed by atoms with Crippen LogP contribution in [0.5, 0.6) is 5.75 Å². The molecule has 0 aliphatic rings. The molecular formula is C16H13ClF2O3. The smallest absolute Gasteiger partial charge is 0.339 e. The highest BCUT2D eigenvalue weighted by Crippen LogP contribution is 2.32. The highest BCUT2D eigenvalue weighted by molar-refractivity contribution is 6.30. The van der Waals surface area contributed by atoms with E-state index in [1.807, 2.05) is 6.92 Å². The van der Waals surface area contributed by atoms with Crippen LogP contribution in [0.3, 0.4) is 0 Å². The summed E-state index contributed by atoms with van der Waals surface area (Å²) in [5.41, 5.74) is -0.374. The second-order valence-electron chi connectivity index (χ2n) is 4.61. The minimum atomic E-state index is -1.23. The first-order valence-electron chi connectivity index (χ1n) is 6.59. The summed E-state index contributed by atoms with van der Waals surface area (Å²) in [4.78, 5) is 11.3. The molecule has 2 aromatic rings. The van der Waals surface area contributed by atoms with Crippen LogP contribution < -0.4 is 4.74 Å². The largest absolute Gasteiger partial charge is 0.493 e. The van der Waals surface area contributed by atoms with E-state index in [0.717, 1.165) is 12.1 Å². The summed E-state index contributed by atoms with van der Waals surface area (Å²) in [6.07, 6.45) is 0.710. The minimum absolute atomic E-state index is 0.0693. The van der Waals surface area contributed by atoms with Crippen molar-refractivity contribution >= 4 is 17.6 Å². The Balaban J connectivity index is 2.54. The highest BCUT2D eigenvalue weighted by Gasteiger charge is 2.18. The Kier molecular flexibility index (Phi) is 4.98. The third-order valence-electron chi connectivity index (χ3n) is 2.97. The summed E-state index contributed by atoms with van der Waals surface area (Å²) in [5.74, 6) is -2.79. The van der Waals surface area contributed by atoms with Gasteiger partial charge in [-0.3, -0.25) is 0 Å². The fourth-order valence-electron chi connectivity index (χ4n) is 2.01. The third-order valence-corrected chi connectivity index (χ3v) is 3.19. The quantitative estimate of drug-likeness (QED) is 0.860. The summed E-state index contributed by atoms with van der Waals surface area (Å²) in [5, 5.41) is 9.16. The number of carboxylic acids is 1. The first kappa shape index (κ1) is 16.2. The zero-order valence-electron chi connectivity index (χ0n) is 11.7. The van der Waals surface area contributed by atoms with Crippen molar-refractivity contribution in [3.8, 4) is 16.9 Å². The van der Waals surface area contributed by atoms with Crippen LogP contribution in [0.1, 0.15) is 23.7 Å². The summed E-state index contributed by atoms with van der Waals surface area (Å²) in [6.45, 7) is 2.23. The van der Waals surface area contributed by atoms with E-state index in [1.165, 1.54) is 18.2 Å². The van der Waals surface area contributed by atoms with Crippen LogP contribution in [-0.4, -0.2) is 17.7 Å². The molecule has 0 bridgehead atoms. The molecule has 3 nitrogen and oxygen atoms in total. The topological polar surface area (TPSA) is 46.5 Å². The zero-order valence-corrected chi connectivity index (χ0v) is 12.5. The van der Waals surface area contributed by atoms with Gasteiger partial charge in [-0.25, -0.2) is 13.6 Å². The molecule has 0 saturated carbocycles. The molecule has 0 spiro atoms. The van der Waals surface area contributed by atoms with Crippen molar-refractivity contribution in [2.45, 2.75) is 13.3 Å². The van der Waals surface area contributed by atoms with Gasteiger partial charge >= 0.3 is 5.97 Å². The van der Waals surface area contributed by atoms with Crippen molar-refractivity contribution in [3.63, 3.8) is 0 Å². The Hall–Kier alpha value is -2.14. The second kappa shape index (κ2) is 6.75. The van der Waals surface area contributed by atoms with Crippen LogP contribution in [-0.2, 0) is 0 Å². The minimum Gasteiger partial charge on any atom is -0.493 e. The molecule has 2 aromatic carbocycles. The van der Waals surface area contributed by atoms with Crippen molar-refractivity contribution in [1.82, 2.24) is 0 Å². The van der Waals surface area contributed by atoms with Crippen LogP contribution in [0.15, 0.2) is 30.3 Å². The molecule has 0 aliphatic heterocycles. The van der Waals surface area contributed by atoms with Crippen LogP contribution >= 0.6 is 11.6 Å². The van der Waals surface area contributed by atoms with E-state index in [9.17, 15) is 18.7 Å². The van der Waals surface area contributed by atoms with Crippen LogP contribution in [0.25, 0.3) is 11.1 Å². The number of aromatic carboxylic acids is 1. The van der Waals surface area contributed by atoms with E-state index in [1.54, 1.807) is 0 Å². The Morgan fingerprint density at radius 2 is 1.86 bits per heavy atom. The summed E-state index contributed by atoms with van der Waals surface area (Å²) >= 11 is 5.58. The van der Waals surface area contributed by atoms with E-state index in [2.05, 4.69) is 0 Å². The molecule has 116 valence electrons. The molecular weight excluding hydrogens is 314 g/mol. The molecule has 6 heteroatoms. The normalized spacial score (nSPS) is 10.5. The van der Waals surface area contributed by atoms with Gasteiger partial charge in [0, 0.05) is 5.02 Å². The van der Waals surface area contributed by atoms with Crippen molar-refractivity contribution in [2.75, 3.05) is 6.61 Å². The average Bonchev–Trinajstić information content (AvgIpc) is 2.44. The third kappa shape index (κ3) is 3.36. The Morgan fingerprint density at radius 3 is 2.41 bits per heavy atom. The molecule has 2 rings (SSSR count). The number of hydrogen-bond donors (Lipinski definition) is 1. The first-order valence-corrected chi connectivity index (χ1v) is 6.97. The molecule has 0 radical (unpaired) electrons. The zero-order chi connectivity index (χ0) is 16.3. The second-order valence-corrected chi connectivity index (χ2v) is 5.05. The van der Waals surface area contributed by atoms with Gasteiger partial charge in [-0.15, -0.1) is 0 Å². The van der Waals surface area contributed by atoms with E-state index in [4.69, 9.17) is 16.3 Å². The van der Waals surface area contributed by atoms with Gasteiger partial charge in [-0.2, -0.15) is 0 Å². The maximum absolute atomic E-state index is 13.9. The van der Waals surface area contributed by atoms with Gasteiger partial charge in [0.05, 0.1) is 12.2 Å². The van der Waals surface area contributed by atoms with Crippen molar-refractivity contribution in [2.24, 2.45) is 0 Å². The van der Waals surface area contributed by atoms with Gasteiger partial charge < -0.3 is 9.84 Å². The first-order chi connectivity index (χ1) is 10.4. The summed E-state index contributed by atoms with van der Waals surface area (Å²) in [6, 6.07) is 5.93. The van der Waals surface area contributed by atoms with Gasteiger partial charge in [0.2, 0.25) is 0 Å². The van der Waals surface area contributed by atoms with Crippen molar-refractivity contribution in [1.29, 1.82) is 0 Å². The van der Waals surface area contributed by atoms with Gasteiger partial charge in [-0.05, 0) is 36.2 Å². The molecule has 0 fully saturated rings. The molecule has 0 unspecified atom stereocenters. The fraction of sp³-hybridized carbons (Fsp3) is 0.188. The van der Waals surface area contributed by atoms with Crippen molar-refractivity contribution in [3.05, 3.63) is 52.6 Å². The predicted molar refractivity (Wildman–Crippen MR) is 79.5 cm³/mol. The molecule has 0 heterocycles. The number of carboxylic acid groups (broad SMARTS) is 1. The lowest BCUT2D eigenvalue weighted by Crippen LogP contribution is -2.04. The maximum Gasteiger partial charge on any atom is 0.339 e. The number of rotatable bonds is 5. The summed E-state index contributed by atoms with van der Waals surface area (Å²) in [7, 11) is 0. The summed E-state index contributed by atoms with van der Waals surface area (Å²) < 4.78 is 33.2. The Bertz CT molecular complexity index is 694. The molecule has 0 aromatic heterocycles. The lowest BCUT2D eigenvalue weighted by molar-refractivity contribution is 0.0692. The SMILES string of the molecule is CCCOc1ccc(-c2c(F)cc(Cl)cc2F)cc1C(=O)O. The molecule has 0 amide bonds. The van der Waals surface area contributed by atoms with Crippen molar-refractivity contribution < 1.29 is 23.4 Å². The van der Waals surface area contributed by atoms with Gasteiger partial charge in [-0.1, -0.05) is 24.6 Å². The lowest BCUT2D eigenvalue weighted by Gasteiger charge is -2.11. The van der Waals surface area contributed by atoms with Crippen LogP contribution in [0.2, 0.25) is 5.02 Å². The van der Waals surface area contributed by atoms with E-state index in [0.29, 0.717) is 13.0 Å². The van der Waals surface area contributed by atoms with Gasteiger partial charge in [0.15, 0.2) is 0 Å². The van der Waals surface area contributed by atoms with Crippen LogP contribution in [0, 0.1) is 11.6 Å². The van der Waals surface area contributed by atoms with Gasteiger partial charge in [0.25, 0.3) is 0 Å². The molecule has 22 heavy (non-hydrogen) atoms. The lowest BCUT2D eigenvalue weighted by atomic mass is 10.0. The van der Waals surface area contributed by atoms with Gasteiger partial charge in [0.1, 0.15) is 22.9 Å². The number of benzene rings is 2. The highest BCUT2D eigenvalue weighted by atomic mass is 35.5. The number of ether oxygens (including phenoxy) is 1. The Morgan fingerprint density at radius 1 is 1.23 bits per heavy atom. The Labute approximate surface area is 131 Å². The molecule has 0 atom stereocenters. The standard InChI is InChI=1S/C16H13ClF2O3/c1-2-5-22-14-4-3-9(6-11(14)16(20)21)15-12(18)7-10(17)8-13(15)19/h3-4,6-8H,2,5H2,1H3,(H,20,21). The fourth-order valence-corrected chi connectivity index (χ4v) is 2.20. The molecule has 0 aliphatic carbocycles. The number of halogens is 3. The molecule has 1 N–H and O–H groups in total. The van der Waals surface area contributed by atoms with Crippen LogP contribution in [0.4, 0.5) is 8.78 Å². The number of carbonyl (C=O) groups is 1. The van der Waals surface area contributed by atoms with E-state index >= 15 is 0 Å². The molecule has 0 saturated heterocycles. The maximum atomic E-state index is 13.9. The van der Waals surface area contributed by atoms with E-state index in [-0.39, 0.29) is 27.5 Å². The average molecular weight is 327 g/mol. The predicted octanol–water partition coefficient (Wildman–Crippen LogP) is 4.77. The monoisotopic (exact) mass is 326 g/mol. The van der Waals surface area contributed by atoms with E-state index < -0.39 is 17.6 Å².